The van der Waals surface area contributed by atoms with E-state index in [0.717, 1.165) is 12.0 Å². The number of rotatable bonds is 4. The molecule has 17 heavy (non-hydrogen) atoms. The van der Waals surface area contributed by atoms with Crippen molar-refractivity contribution < 1.29 is 18.3 Å². The van der Waals surface area contributed by atoms with Crippen LogP contribution in [-0.4, -0.2) is 20.1 Å². The summed E-state index contributed by atoms with van der Waals surface area (Å²) >= 11 is 0. The van der Waals surface area contributed by atoms with Gasteiger partial charge in [0, 0.05) is 11.1 Å². The van der Waals surface area contributed by atoms with Crippen LogP contribution in [0.25, 0.3) is 0 Å². The van der Waals surface area contributed by atoms with Crippen molar-refractivity contribution in [3.63, 3.8) is 0 Å². The monoisotopic (exact) mass is 256 g/mol. The summed E-state index contributed by atoms with van der Waals surface area (Å²) in [6.07, 6.45) is 1.46. The van der Waals surface area contributed by atoms with Crippen LogP contribution < -0.4 is 4.74 Å². The Kier molecular flexibility index (Phi) is 3.69. The average Bonchev–Trinajstić information content (AvgIpc) is 2.69. The lowest BCUT2D eigenvalue weighted by atomic mass is 10.1. The predicted octanol–water partition coefficient (Wildman–Crippen LogP) is 1.43. The maximum atomic E-state index is 11.1. The Hall–Kier alpha value is -1.07. The molecule has 0 aromatic heterocycles. The van der Waals surface area contributed by atoms with Gasteiger partial charge in [0.2, 0.25) is 0 Å². The zero-order valence-electron chi connectivity index (χ0n) is 9.68. The highest BCUT2D eigenvalue weighted by Crippen LogP contribution is 2.39. The van der Waals surface area contributed by atoms with Crippen molar-refractivity contribution in [3.8, 4) is 5.75 Å². The second-order valence-corrected chi connectivity index (χ2v) is 5.13. The Morgan fingerprint density at radius 3 is 2.88 bits per heavy atom. The topological polar surface area (TPSA) is 63.6 Å². The average molecular weight is 256 g/mol. The largest absolute Gasteiger partial charge is 0.493 e. The van der Waals surface area contributed by atoms with E-state index in [0.29, 0.717) is 30.8 Å². The van der Waals surface area contributed by atoms with Crippen LogP contribution in [0.2, 0.25) is 0 Å². The summed E-state index contributed by atoms with van der Waals surface area (Å²) in [7, 11) is -2.67. The van der Waals surface area contributed by atoms with Gasteiger partial charge in [-0.05, 0) is 31.4 Å². The van der Waals surface area contributed by atoms with E-state index in [2.05, 4.69) is 0 Å². The van der Waals surface area contributed by atoms with Crippen molar-refractivity contribution in [2.75, 3.05) is 6.61 Å². The summed E-state index contributed by atoms with van der Waals surface area (Å²) in [5, 5.41) is 9.84. The summed E-state index contributed by atoms with van der Waals surface area (Å²) in [5.74, 6) is 0.707. The summed E-state index contributed by atoms with van der Waals surface area (Å²) in [6, 6.07) is 3.21. The van der Waals surface area contributed by atoms with E-state index in [9.17, 15) is 13.5 Å². The number of ether oxygens (including phenoxy) is 1. The third-order valence-electron chi connectivity index (χ3n) is 2.95. The van der Waals surface area contributed by atoms with E-state index in [1.165, 1.54) is 6.07 Å². The summed E-state index contributed by atoms with van der Waals surface area (Å²) < 4.78 is 27.8. The quantitative estimate of drug-likeness (QED) is 0.800. The van der Waals surface area contributed by atoms with Gasteiger partial charge in [0.05, 0.1) is 17.6 Å². The zero-order chi connectivity index (χ0) is 12.4. The number of aliphatic hydroxyl groups excluding tert-OH is 1. The SMILES string of the molecule is CCCOc1ccc([SH](=O)=O)c2c1CCC2O. The van der Waals surface area contributed by atoms with Crippen LogP contribution in [-0.2, 0) is 17.1 Å². The van der Waals surface area contributed by atoms with Crippen molar-refractivity contribution in [2.24, 2.45) is 0 Å². The number of aliphatic hydroxyl groups is 1. The van der Waals surface area contributed by atoms with Crippen LogP contribution >= 0.6 is 0 Å². The normalized spacial score (nSPS) is 18.4. The molecule has 0 spiro atoms. The van der Waals surface area contributed by atoms with E-state index < -0.39 is 16.8 Å². The fraction of sp³-hybridized carbons (Fsp3) is 0.500. The van der Waals surface area contributed by atoms with Crippen molar-refractivity contribution in [3.05, 3.63) is 23.3 Å². The van der Waals surface area contributed by atoms with E-state index in [-0.39, 0.29) is 4.90 Å². The van der Waals surface area contributed by atoms with Crippen molar-refractivity contribution in [1.29, 1.82) is 0 Å². The van der Waals surface area contributed by atoms with Crippen LogP contribution in [0.3, 0.4) is 0 Å². The third-order valence-corrected chi connectivity index (χ3v) is 3.73. The minimum atomic E-state index is -2.67. The molecule has 1 N–H and O–H groups in total. The number of hydrogen-bond acceptors (Lipinski definition) is 4. The molecule has 1 atom stereocenters. The molecule has 94 valence electrons. The third kappa shape index (κ3) is 2.30. The molecule has 0 fully saturated rings. The number of thiol groups is 1. The maximum absolute atomic E-state index is 11.1. The first-order chi connectivity index (χ1) is 8.15. The van der Waals surface area contributed by atoms with Crippen molar-refractivity contribution in [2.45, 2.75) is 37.2 Å². The van der Waals surface area contributed by atoms with E-state index >= 15 is 0 Å². The second-order valence-electron chi connectivity index (χ2n) is 4.14. The molecule has 0 amide bonds. The lowest BCUT2D eigenvalue weighted by molar-refractivity contribution is 0.177. The molecule has 0 heterocycles. The first-order valence-electron chi connectivity index (χ1n) is 5.76. The molecule has 1 aliphatic carbocycles. The minimum absolute atomic E-state index is 0.226. The molecule has 0 aliphatic heterocycles. The highest BCUT2D eigenvalue weighted by Gasteiger charge is 2.27. The van der Waals surface area contributed by atoms with E-state index in [1.54, 1.807) is 6.07 Å². The molecule has 0 saturated heterocycles. The van der Waals surface area contributed by atoms with Crippen molar-refractivity contribution in [1.82, 2.24) is 0 Å². The molecule has 1 aromatic carbocycles. The van der Waals surface area contributed by atoms with Gasteiger partial charge in [-0.2, -0.15) is 0 Å². The van der Waals surface area contributed by atoms with Gasteiger partial charge in [0.15, 0.2) is 10.7 Å². The first kappa shape index (κ1) is 12.4. The van der Waals surface area contributed by atoms with E-state index in [4.69, 9.17) is 4.74 Å². The van der Waals surface area contributed by atoms with Gasteiger partial charge < -0.3 is 9.84 Å². The van der Waals surface area contributed by atoms with E-state index in [1.807, 2.05) is 6.92 Å². The lowest BCUT2D eigenvalue weighted by Crippen LogP contribution is -2.02. The number of hydrogen-bond donors (Lipinski definition) is 2. The molecule has 0 bridgehead atoms. The maximum Gasteiger partial charge on any atom is 0.168 e. The molecule has 2 rings (SSSR count). The molecule has 1 unspecified atom stereocenters. The van der Waals surface area contributed by atoms with Gasteiger partial charge in [-0.3, -0.25) is 0 Å². The molecular weight excluding hydrogens is 240 g/mol. The molecule has 0 radical (unpaired) electrons. The smallest absolute Gasteiger partial charge is 0.168 e. The van der Waals surface area contributed by atoms with Gasteiger partial charge in [0.1, 0.15) is 5.75 Å². The molecular formula is C12H16O4S. The van der Waals surface area contributed by atoms with Crippen LogP contribution in [0, 0.1) is 0 Å². The van der Waals surface area contributed by atoms with Gasteiger partial charge in [0.25, 0.3) is 0 Å². The Morgan fingerprint density at radius 2 is 2.24 bits per heavy atom. The molecule has 1 aliphatic rings. The Balaban J connectivity index is 2.47. The second kappa shape index (κ2) is 5.06. The molecule has 5 heteroatoms. The number of benzene rings is 1. The lowest BCUT2D eigenvalue weighted by Gasteiger charge is -2.12. The Labute approximate surface area is 102 Å². The molecule has 4 nitrogen and oxygen atoms in total. The Morgan fingerprint density at radius 1 is 1.47 bits per heavy atom. The molecule has 1 aromatic rings. The summed E-state index contributed by atoms with van der Waals surface area (Å²) in [6.45, 7) is 2.61. The van der Waals surface area contributed by atoms with Gasteiger partial charge in [-0.25, -0.2) is 8.42 Å². The fourth-order valence-corrected chi connectivity index (χ4v) is 2.87. The predicted molar refractivity (Wildman–Crippen MR) is 64.1 cm³/mol. The Bertz CT molecular complexity index is 486. The summed E-state index contributed by atoms with van der Waals surface area (Å²) in [4.78, 5) is 0.226. The summed E-state index contributed by atoms with van der Waals surface area (Å²) in [5.41, 5.74) is 1.39. The minimum Gasteiger partial charge on any atom is -0.493 e. The highest BCUT2D eigenvalue weighted by molar-refractivity contribution is 7.72. The standard InChI is InChI=1S/C12H16O4S/c1-2-7-16-10-5-6-11(17(14)15)12-8(10)3-4-9(12)13/h5-6,9,13,17H,2-4,7H2,1H3. The molecule has 0 saturated carbocycles. The first-order valence-corrected chi connectivity index (χ1v) is 6.94. The van der Waals surface area contributed by atoms with Crippen molar-refractivity contribution >= 4 is 10.7 Å². The van der Waals surface area contributed by atoms with Gasteiger partial charge >= 0.3 is 0 Å². The van der Waals surface area contributed by atoms with Crippen LogP contribution in [0.5, 0.6) is 5.75 Å². The highest BCUT2D eigenvalue weighted by atomic mass is 32.2. The number of fused-ring (bicyclic) bond motifs is 1. The van der Waals surface area contributed by atoms with Gasteiger partial charge in [-0.15, -0.1) is 0 Å². The fourth-order valence-electron chi connectivity index (χ4n) is 2.19. The van der Waals surface area contributed by atoms with Crippen LogP contribution in [0.4, 0.5) is 0 Å². The van der Waals surface area contributed by atoms with Crippen LogP contribution in [0.1, 0.15) is 37.0 Å². The van der Waals surface area contributed by atoms with Crippen LogP contribution in [0.15, 0.2) is 17.0 Å². The zero-order valence-corrected chi connectivity index (χ0v) is 10.6. The van der Waals surface area contributed by atoms with Gasteiger partial charge in [-0.1, -0.05) is 6.92 Å².